The van der Waals surface area contributed by atoms with Gasteiger partial charge in [0.15, 0.2) is 0 Å². The van der Waals surface area contributed by atoms with E-state index in [4.69, 9.17) is 10.5 Å². The van der Waals surface area contributed by atoms with Crippen LogP contribution in [0.5, 0.6) is 5.75 Å². The molecule has 0 aromatic heterocycles. The van der Waals surface area contributed by atoms with Gasteiger partial charge in [-0.05, 0) is 25.8 Å². The van der Waals surface area contributed by atoms with Crippen LogP contribution in [0.4, 0.5) is 0 Å². The number of fused-ring (bicyclic) bond motifs is 1. The quantitative estimate of drug-likeness (QED) is 0.794. The van der Waals surface area contributed by atoms with Crippen molar-refractivity contribution in [2.75, 3.05) is 0 Å². The maximum atomic E-state index is 6.26. The fraction of sp³-hybridized carbons (Fsp3) is 0.625. The van der Waals surface area contributed by atoms with Gasteiger partial charge in [-0.25, -0.2) is 0 Å². The van der Waals surface area contributed by atoms with Gasteiger partial charge in [0.25, 0.3) is 0 Å². The second kappa shape index (κ2) is 6.24. The molecule has 1 aromatic carbocycles. The summed E-state index contributed by atoms with van der Waals surface area (Å²) < 4.78 is 6.06. The van der Waals surface area contributed by atoms with Crippen molar-refractivity contribution in [1.29, 1.82) is 0 Å². The number of nitrogens with two attached hydrogens (primary N) is 1. The summed E-state index contributed by atoms with van der Waals surface area (Å²) in [6, 6.07) is 6.48. The molecule has 2 nitrogen and oxygen atoms in total. The number of aryl methyl sites for hydroxylation is 1. The summed E-state index contributed by atoms with van der Waals surface area (Å²) in [6.07, 6.45) is 7.59. The molecule has 0 saturated carbocycles. The van der Waals surface area contributed by atoms with Gasteiger partial charge in [-0.1, -0.05) is 43.9 Å². The van der Waals surface area contributed by atoms with Crippen LogP contribution in [0.15, 0.2) is 18.2 Å². The van der Waals surface area contributed by atoms with Gasteiger partial charge in [0.2, 0.25) is 0 Å². The predicted octanol–water partition coefficient (Wildman–Crippen LogP) is 4.12. The van der Waals surface area contributed by atoms with E-state index in [0.717, 1.165) is 18.6 Å². The number of ether oxygens (including phenoxy) is 1. The lowest BCUT2D eigenvalue weighted by atomic mass is 9.93. The molecule has 0 fully saturated rings. The van der Waals surface area contributed by atoms with E-state index in [1.54, 1.807) is 0 Å². The zero-order chi connectivity index (χ0) is 13.0. The van der Waals surface area contributed by atoms with Gasteiger partial charge in [0, 0.05) is 18.0 Å². The molecule has 0 bridgehead atoms. The minimum Gasteiger partial charge on any atom is -0.490 e. The molecule has 100 valence electrons. The average molecular weight is 247 g/mol. The van der Waals surface area contributed by atoms with Crippen molar-refractivity contribution in [2.45, 2.75) is 64.5 Å². The molecule has 0 amide bonds. The Morgan fingerprint density at radius 1 is 1.28 bits per heavy atom. The number of rotatable bonds is 5. The Morgan fingerprint density at radius 3 is 2.89 bits per heavy atom. The van der Waals surface area contributed by atoms with Crippen LogP contribution in [0.1, 0.15) is 62.6 Å². The van der Waals surface area contributed by atoms with Crippen molar-refractivity contribution in [2.24, 2.45) is 5.73 Å². The molecule has 2 heteroatoms. The Hall–Kier alpha value is -1.02. The summed E-state index contributed by atoms with van der Waals surface area (Å²) >= 11 is 0. The zero-order valence-corrected chi connectivity index (χ0v) is 11.6. The van der Waals surface area contributed by atoms with Crippen molar-refractivity contribution in [3.05, 3.63) is 29.3 Å². The van der Waals surface area contributed by atoms with E-state index >= 15 is 0 Å². The van der Waals surface area contributed by atoms with Gasteiger partial charge < -0.3 is 10.5 Å². The molecule has 1 heterocycles. The van der Waals surface area contributed by atoms with Crippen molar-refractivity contribution in [3.8, 4) is 5.75 Å². The highest BCUT2D eigenvalue weighted by Crippen LogP contribution is 2.35. The van der Waals surface area contributed by atoms with E-state index < -0.39 is 0 Å². The van der Waals surface area contributed by atoms with Crippen LogP contribution in [0, 0.1) is 6.92 Å². The molecular weight excluding hydrogens is 222 g/mol. The Labute approximate surface area is 111 Å². The smallest absolute Gasteiger partial charge is 0.124 e. The second-order valence-corrected chi connectivity index (χ2v) is 5.47. The third kappa shape index (κ3) is 3.26. The van der Waals surface area contributed by atoms with E-state index in [1.807, 2.05) is 0 Å². The second-order valence-electron chi connectivity index (χ2n) is 5.47. The van der Waals surface area contributed by atoms with Gasteiger partial charge >= 0.3 is 0 Å². The lowest BCUT2D eigenvalue weighted by Crippen LogP contribution is -2.29. The molecule has 2 N–H and O–H groups in total. The Kier molecular flexibility index (Phi) is 4.65. The van der Waals surface area contributed by atoms with Gasteiger partial charge in [-0.3, -0.25) is 0 Å². The van der Waals surface area contributed by atoms with Crippen molar-refractivity contribution < 1.29 is 4.74 Å². The van der Waals surface area contributed by atoms with E-state index in [2.05, 4.69) is 32.0 Å². The normalized spacial score (nSPS) is 22.4. The molecule has 1 aliphatic heterocycles. The Balaban J connectivity index is 1.93. The number of benzene rings is 1. The SMILES string of the molecule is CCCCCCC1C[C@H](N)c2cc(C)ccc2O1. The van der Waals surface area contributed by atoms with Crippen LogP contribution in [-0.2, 0) is 0 Å². The third-order valence-corrected chi connectivity index (χ3v) is 3.75. The third-order valence-electron chi connectivity index (χ3n) is 3.75. The van der Waals surface area contributed by atoms with Crippen LogP contribution in [0.2, 0.25) is 0 Å². The predicted molar refractivity (Wildman–Crippen MR) is 75.9 cm³/mol. The summed E-state index contributed by atoms with van der Waals surface area (Å²) in [4.78, 5) is 0. The summed E-state index contributed by atoms with van der Waals surface area (Å²) in [5.74, 6) is 1.000. The summed E-state index contributed by atoms with van der Waals surface area (Å²) in [5, 5.41) is 0. The molecule has 0 radical (unpaired) electrons. The highest BCUT2D eigenvalue weighted by Gasteiger charge is 2.25. The molecule has 1 unspecified atom stereocenters. The first-order chi connectivity index (χ1) is 8.70. The minimum absolute atomic E-state index is 0.143. The van der Waals surface area contributed by atoms with E-state index in [1.165, 1.54) is 36.8 Å². The van der Waals surface area contributed by atoms with Crippen molar-refractivity contribution in [3.63, 3.8) is 0 Å². The molecule has 0 aliphatic carbocycles. The molecule has 0 spiro atoms. The number of unbranched alkanes of at least 4 members (excludes halogenated alkanes) is 3. The van der Waals surface area contributed by atoms with Crippen molar-refractivity contribution >= 4 is 0 Å². The highest BCUT2D eigenvalue weighted by molar-refractivity contribution is 5.40. The first kappa shape index (κ1) is 13.4. The summed E-state index contributed by atoms with van der Waals surface area (Å²) in [6.45, 7) is 4.34. The molecule has 2 rings (SSSR count). The molecule has 2 atom stereocenters. The lowest BCUT2D eigenvalue weighted by molar-refractivity contribution is 0.146. The largest absolute Gasteiger partial charge is 0.490 e. The molecule has 1 aromatic rings. The highest BCUT2D eigenvalue weighted by atomic mass is 16.5. The summed E-state index contributed by atoms with van der Waals surface area (Å²) in [7, 11) is 0. The van der Waals surface area contributed by atoms with E-state index in [9.17, 15) is 0 Å². The molecule has 1 aliphatic rings. The Morgan fingerprint density at radius 2 is 2.11 bits per heavy atom. The minimum atomic E-state index is 0.143. The van der Waals surface area contributed by atoms with Crippen LogP contribution < -0.4 is 10.5 Å². The Bertz CT molecular complexity index is 389. The van der Waals surface area contributed by atoms with Crippen LogP contribution in [0.25, 0.3) is 0 Å². The zero-order valence-electron chi connectivity index (χ0n) is 11.6. The van der Waals surface area contributed by atoms with E-state index in [0.29, 0.717) is 6.10 Å². The van der Waals surface area contributed by atoms with Crippen LogP contribution in [-0.4, -0.2) is 6.10 Å². The average Bonchev–Trinajstić information content (AvgIpc) is 2.36. The van der Waals surface area contributed by atoms with E-state index in [-0.39, 0.29) is 6.04 Å². The monoisotopic (exact) mass is 247 g/mol. The van der Waals surface area contributed by atoms with Crippen molar-refractivity contribution in [1.82, 2.24) is 0 Å². The lowest BCUT2D eigenvalue weighted by Gasteiger charge is -2.30. The van der Waals surface area contributed by atoms with Gasteiger partial charge in [0.05, 0.1) is 0 Å². The molecular formula is C16H25NO. The summed E-state index contributed by atoms with van der Waals surface area (Å²) in [5.41, 5.74) is 8.69. The van der Waals surface area contributed by atoms with Gasteiger partial charge in [-0.15, -0.1) is 0 Å². The topological polar surface area (TPSA) is 35.2 Å². The first-order valence-electron chi connectivity index (χ1n) is 7.23. The number of hydrogen-bond acceptors (Lipinski definition) is 2. The van der Waals surface area contributed by atoms with Crippen LogP contribution >= 0.6 is 0 Å². The van der Waals surface area contributed by atoms with Gasteiger partial charge in [-0.2, -0.15) is 0 Å². The van der Waals surface area contributed by atoms with Crippen LogP contribution in [0.3, 0.4) is 0 Å². The van der Waals surface area contributed by atoms with Gasteiger partial charge in [0.1, 0.15) is 11.9 Å². The molecule has 0 saturated heterocycles. The maximum absolute atomic E-state index is 6.26. The first-order valence-corrected chi connectivity index (χ1v) is 7.23. The fourth-order valence-electron chi connectivity index (χ4n) is 2.68. The standard InChI is InChI=1S/C16H25NO/c1-3-4-5-6-7-13-11-15(17)14-10-12(2)8-9-16(14)18-13/h8-10,13,15H,3-7,11,17H2,1-2H3/t13?,15-/m0/s1. The molecule has 18 heavy (non-hydrogen) atoms. The number of hydrogen-bond donors (Lipinski definition) is 1. The fourth-order valence-corrected chi connectivity index (χ4v) is 2.68. The maximum Gasteiger partial charge on any atom is 0.124 e.